The predicted molar refractivity (Wildman–Crippen MR) is 54.4 cm³/mol. The van der Waals surface area contributed by atoms with E-state index < -0.39 is 5.97 Å². The minimum absolute atomic E-state index is 0.0906. The van der Waals surface area contributed by atoms with Crippen LogP contribution >= 0.6 is 0 Å². The Balaban J connectivity index is 1.98. The Labute approximate surface area is 90.8 Å². The van der Waals surface area contributed by atoms with Crippen molar-refractivity contribution in [2.75, 3.05) is 33.0 Å². The third kappa shape index (κ3) is 1.91. The highest BCUT2D eigenvalue weighted by Crippen LogP contribution is 2.42. The maximum Gasteiger partial charge on any atom is 0.285 e. The average molecular weight is 216 g/mol. The maximum atomic E-state index is 5.70. The Morgan fingerprint density at radius 2 is 1.67 bits per heavy atom. The van der Waals surface area contributed by atoms with Crippen LogP contribution in [0.2, 0.25) is 0 Å². The van der Waals surface area contributed by atoms with Gasteiger partial charge in [0.1, 0.15) is 0 Å². The van der Waals surface area contributed by atoms with Gasteiger partial charge in [-0.2, -0.15) is 0 Å². The first kappa shape index (κ1) is 11.3. The average Bonchev–Trinajstić information content (AvgIpc) is 2.29. The van der Waals surface area contributed by atoms with Crippen molar-refractivity contribution < 1.29 is 18.9 Å². The van der Waals surface area contributed by atoms with Gasteiger partial charge >= 0.3 is 0 Å². The van der Waals surface area contributed by atoms with Crippen molar-refractivity contribution in [3.05, 3.63) is 0 Å². The molecule has 0 radical (unpaired) electrons. The highest BCUT2D eigenvalue weighted by molar-refractivity contribution is 4.89. The normalized spacial score (nSPS) is 40.0. The molecule has 15 heavy (non-hydrogen) atoms. The van der Waals surface area contributed by atoms with Crippen LogP contribution in [0.25, 0.3) is 0 Å². The molecule has 88 valence electrons. The summed E-state index contributed by atoms with van der Waals surface area (Å²) >= 11 is 0. The largest absolute Gasteiger partial charge is 0.381 e. The second-order valence-corrected chi connectivity index (χ2v) is 4.76. The zero-order valence-corrected chi connectivity index (χ0v) is 9.75. The lowest BCUT2D eigenvalue weighted by molar-refractivity contribution is -0.485. The van der Waals surface area contributed by atoms with Crippen molar-refractivity contribution >= 4 is 0 Å². The Bertz CT molecular complexity index is 202. The molecule has 0 aliphatic carbocycles. The minimum atomic E-state index is -0.798. The number of rotatable bonds is 4. The van der Waals surface area contributed by atoms with Gasteiger partial charge in [-0.15, -0.1) is 0 Å². The van der Waals surface area contributed by atoms with E-state index in [9.17, 15) is 0 Å². The smallest absolute Gasteiger partial charge is 0.285 e. The first-order chi connectivity index (χ1) is 7.13. The summed E-state index contributed by atoms with van der Waals surface area (Å²) in [6.07, 6.45) is 0. The molecule has 0 aromatic rings. The van der Waals surface area contributed by atoms with Gasteiger partial charge in [0.05, 0.1) is 31.8 Å². The number of hydrogen-bond donors (Lipinski definition) is 0. The molecule has 3 rings (SSSR count). The van der Waals surface area contributed by atoms with Crippen LogP contribution in [0.3, 0.4) is 0 Å². The molecule has 0 unspecified atom stereocenters. The zero-order valence-electron chi connectivity index (χ0n) is 9.75. The molecule has 2 bridgehead atoms. The van der Waals surface area contributed by atoms with Gasteiger partial charge in [-0.05, 0) is 6.92 Å². The molecule has 3 saturated heterocycles. The summed E-state index contributed by atoms with van der Waals surface area (Å²) in [6.45, 7) is 9.46. The molecule has 3 aliphatic rings. The van der Waals surface area contributed by atoms with Crippen molar-refractivity contribution in [3.63, 3.8) is 0 Å². The Morgan fingerprint density at radius 1 is 1.13 bits per heavy atom. The van der Waals surface area contributed by atoms with Crippen LogP contribution in [-0.4, -0.2) is 39.0 Å². The molecule has 0 aromatic heterocycles. The van der Waals surface area contributed by atoms with E-state index in [2.05, 4.69) is 0 Å². The summed E-state index contributed by atoms with van der Waals surface area (Å²) in [6, 6.07) is 0. The molecular weight excluding hydrogens is 196 g/mol. The molecule has 3 heterocycles. The van der Waals surface area contributed by atoms with Crippen LogP contribution in [0.1, 0.15) is 20.8 Å². The van der Waals surface area contributed by atoms with Crippen molar-refractivity contribution in [2.45, 2.75) is 26.7 Å². The van der Waals surface area contributed by atoms with E-state index in [4.69, 9.17) is 18.9 Å². The van der Waals surface area contributed by atoms with Gasteiger partial charge in [0.2, 0.25) is 0 Å². The Hall–Kier alpha value is -0.160. The van der Waals surface area contributed by atoms with Crippen molar-refractivity contribution in [1.82, 2.24) is 0 Å². The molecule has 4 heteroatoms. The third-order valence-corrected chi connectivity index (χ3v) is 3.06. The lowest BCUT2D eigenvalue weighted by atomic mass is 9.89. The minimum Gasteiger partial charge on any atom is -0.381 e. The zero-order chi connectivity index (χ0) is 10.9. The number of fused-ring (bicyclic) bond motifs is 3. The molecule has 3 aliphatic heterocycles. The summed E-state index contributed by atoms with van der Waals surface area (Å²) in [5, 5.41) is 0. The van der Waals surface area contributed by atoms with E-state index in [1.54, 1.807) is 0 Å². The van der Waals surface area contributed by atoms with E-state index in [1.807, 2.05) is 20.8 Å². The third-order valence-electron chi connectivity index (χ3n) is 3.06. The summed E-state index contributed by atoms with van der Waals surface area (Å²) in [7, 11) is 0. The Morgan fingerprint density at radius 3 is 2.07 bits per heavy atom. The van der Waals surface area contributed by atoms with E-state index in [0.717, 1.165) is 6.61 Å². The van der Waals surface area contributed by atoms with Crippen molar-refractivity contribution in [2.24, 2.45) is 11.3 Å². The van der Waals surface area contributed by atoms with Gasteiger partial charge < -0.3 is 18.9 Å². The van der Waals surface area contributed by atoms with Gasteiger partial charge in [0.25, 0.3) is 5.97 Å². The number of hydrogen-bond acceptors (Lipinski definition) is 4. The Kier molecular flexibility index (Phi) is 3.03. The first-order valence-electron chi connectivity index (χ1n) is 5.62. The van der Waals surface area contributed by atoms with Crippen LogP contribution in [0, 0.1) is 11.3 Å². The first-order valence-corrected chi connectivity index (χ1v) is 5.62. The highest BCUT2D eigenvalue weighted by Gasteiger charge is 2.54. The molecule has 0 amide bonds. The summed E-state index contributed by atoms with van der Waals surface area (Å²) in [5.41, 5.74) is -0.0906. The quantitative estimate of drug-likeness (QED) is 0.711. The van der Waals surface area contributed by atoms with E-state index >= 15 is 0 Å². The molecule has 4 nitrogen and oxygen atoms in total. The summed E-state index contributed by atoms with van der Waals surface area (Å²) in [4.78, 5) is 0. The van der Waals surface area contributed by atoms with Crippen LogP contribution in [0.15, 0.2) is 0 Å². The predicted octanol–water partition coefficient (Wildman–Crippen LogP) is 1.40. The fourth-order valence-electron chi connectivity index (χ4n) is 1.95. The van der Waals surface area contributed by atoms with Crippen molar-refractivity contribution in [1.29, 1.82) is 0 Å². The molecule has 3 fully saturated rings. The van der Waals surface area contributed by atoms with Crippen LogP contribution in [0.5, 0.6) is 0 Å². The fraction of sp³-hybridized carbons (Fsp3) is 1.00. The summed E-state index contributed by atoms with van der Waals surface area (Å²) in [5.74, 6) is -0.587. The van der Waals surface area contributed by atoms with Gasteiger partial charge in [-0.1, -0.05) is 13.8 Å². The van der Waals surface area contributed by atoms with Crippen molar-refractivity contribution in [3.8, 4) is 0 Å². The van der Waals surface area contributed by atoms with Gasteiger partial charge in [0.15, 0.2) is 0 Å². The second-order valence-electron chi connectivity index (χ2n) is 4.76. The molecule has 0 atom stereocenters. The molecule has 0 N–H and O–H groups in total. The SMILES string of the molecule is CCOCC12COC(C(C)C)(OC1)OC2. The van der Waals surface area contributed by atoms with E-state index in [-0.39, 0.29) is 11.3 Å². The second kappa shape index (κ2) is 4.01. The molecule has 0 saturated carbocycles. The highest BCUT2D eigenvalue weighted by atomic mass is 16.9. The van der Waals surface area contributed by atoms with Gasteiger partial charge in [-0.3, -0.25) is 0 Å². The van der Waals surface area contributed by atoms with Crippen LogP contribution in [0.4, 0.5) is 0 Å². The van der Waals surface area contributed by atoms with Crippen LogP contribution in [-0.2, 0) is 18.9 Å². The standard InChI is InChI=1S/C11H20O4/c1-4-12-5-10-6-13-11(9(2)3,14-7-10)15-8-10/h9H,4-8H2,1-3H3. The monoisotopic (exact) mass is 216 g/mol. The van der Waals surface area contributed by atoms with E-state index in [1.165, 1.54) is 0 Å². The lowest BCUT2D eigenvalue weighted by Gasteiger charge is -2.53. The van der Waals surface area contributed by atoms with Gasteiger partial charge in [-0.25, -0.2) is 0 Å². The maximum absolute atomic E-state index is 5.70. The molecule has 0 aromatic carbocycles. The topological polar surface area (TPSA) is 36.9 Å². The summed E-state index contributed by atoms with van der Waals surface area (Å²) < 4.78 is 22.6. The fourth-order valence-corrected chi connectivity index (χ4v) is 1.95. The van der Waals surface area contributed by atoms with Gasteiger partial charge in [0, 0.05) is 12.5 Å². The molecular formula is C11H20O4. The van der Waals surface area contributed by atoms with E-state index in [0.29, 0.717) is 26.4 Å². The number of ether oxygens (including phenoxy) is 4. The van der Waals surface area contributed by atoms with Crippen LogP contribution < -0.4 is 0 Å². The molecule has 0 spiro atoms. The lowest BCUT2D eigenvalue weighted by Crippen LogP contribution is -2.63.